The highest BCUT2D eigenvalue weighted by Gasteiger charge is 2.47. The van der Waals surface area contributed by atoms with Crippen molar-refractivity contribution in [1.29, 1.82) is 0 Å². The van der Waals surface area contributed by atoms with Crippen LogP contribution in [0.1, 0.15) is 126 Å². The molecule has 5 aliphatic heterocycles. The molecule has 0 radical (unpaired) electrons. The molecule has 11 rings (SSSR count). The Hall–Kier alpha value is -13.6. The van der Waals surface area contributed by atoms with E-state index in [1.807, 2.05) is 12.2 Å². The molecule has 4 fully saturated rings. The molecule has 4 saturated heterocycles. The molecule has 3 aromatic heterocycles. The lowest BCUT2D eigenvalue weighted by molar-refractivity contribution is -0.149. The smallest absolute Gasteiger partial charge is 0.305 e. The molecule has 135 heavy (non-hydrogen) atoms. The third kappa shape index (κ3) is 27.6. The summed E-state index contributed by atoms with van der Waals surface area (Å²) >= 11 is 0.777. The zero-order valence-corrected chi connectivity index (χ0v) is 76.1. The molecule has 0 spiro atoms. The lowest BCUT2D eigenvalue weighted by Gasteiger charge is -2.38. The van der Waals surface area contributed by atoms with E-state index in [2.05, 4.69) is 73.1 Å². The molecule has 5 aliphatic rings. The van der Waals surface area contributed by atoms with Gasteiger partial charge in [-0.05, 0) is 112 Å². The van der Waals surface area contributed by atoms with Crippen LogP contribution in [0, 0.1) is 5.92 Å². The quantitative estimate of drug-likeness (QED) is 0.0405. The van der Waals surface area contributed by atoms with E-state index in [4.69, 9.17) is 11.5 Å². The predicted molar refractivity (Wildman–Crippen MR) is 488 cm³/mol. The number of hydrogen-bond acceptors (Lipinski definition) is 24. The highest BCUT2D eigenvalue weighted by atomic mass is 32.2. The first kappa shape index (κ1) is 102. The minimum atomic E-state index is -1.93. The Kier molecular flexibility index (Phi) is 36.5. The summed E-state index contributed by atoms with van der Waals surface area (Å²) in [6.07, 6.45) is 7.05. The van der Waals surface area contributed by atoms with Crippen LogP contribution in [0.15, 0.2) is 110 Å². The van der Waals surface area contributed by atoms with Gasteiger partial charge in [0, 0.05) is 143 Å². The topological polar surface area (TPSA) is 637 Å². The number of primary amides is 2. The van der Waals surface area contributed by atoms with Gasteiger partial charge in [-0.1, -0.05) is 73.5 Å². The number of aromatic hydroxyl groups is 1. The number of carbonyl (C=O) groups excluding carboxylic acids is 17. The number of imidazole rings is 1. The minimum Gasteiger partial charge on any atom is -0.508 e. The van der Waals surface area contributed by atoms with Crippen molar-refractivity contribution in [3.8, 4) is 5.75 Å². The van der Waals surface area contributed by atoms with Crippen LogP contribution in [0.5, 0.6) is 5.75 Å². The van der Waals surface area contributed by atoms with Crippen molar-refractivity contribution in [2.45, 2.75) is 214 Å². The summed E-state index contributed by atoms with van der Waals surface area (Å²) in [5.41, 5.74) is 14.0. The molecule has 726 valence electrons. The minimum absolute atomic E-state index is 0.0105. The molecule has 0 aliphatic carbocycles. The number of nitrogens with zero attached hydrogens (tertiary/aromatic N) is 6. The van der Waals surface area contributed by atoms with Crippen LogP contribution in [0.4, 0.5) is 0 Å². The third-order valence-corrected chi connectivity index (χ3v) is 26.0. The lowest BCUT2D eigenvalue weighted by Crippen LogP contribution is -2.65. The number of nitrogens with two attached hydrogens (primary N) is 2. The first-order chi connectivity index (χ1) is 64.6. The predicted octanol–water partition coefficient (Wildman–Crippen LogP) is -3.00. The fourth-order valence-corrected chi connectivity index (χ4v) is 18.5. The number of Topliss-reactive ketones (excluding diaryl/α,β-unsaturated/α-hetero) is 1. The standard InChI is InChI=1S/C91H119N21O22S/c1-50-79(122)107-68(81(124)98-44-76(93)118)47-135-48-77(119)101-64(33-51-24-26-56(114)27-25-51)89(132)111-32-30-94-43-73(111)86(129)105-66(39-78(120)121)90(133)110-31-16-23-70(110)85(128)103-63(37-55-42-95-49-99-55)82(125)102-62(28-29-75(92)117)88(131)112-45-57(115)38-72(112)74(116)36-52(34-53-40-96-60-19-14-12-17-58(53)60)80(123)106-67(46-113)83(126)104-65(35-54-41-97-61-20-15-13-18-59(54)61)87(130)109(3)71-22-11-9-7-5-4-6-8-10-21-69(84(127)100-50)108(2)91(71)134/h4-5,12-15,17-20,24-27,40-42,49-50,52,57,62-73,94,96-97,113-115H,6-11,16,21-23,28-39,43-48H2,1-3H3,(H2,92,117)(H2,93,118)(H,95,99)(H,98,124)(H,100,127)(H,101,119)(H,102,125)(H,103,128)(H,104,126)(H,105,129)(H,106,123)(H,107,122)(H,120,121)/b5-4-/t50-,52+,57+,62-,63-,64-,65-,66-,67-,68-,69-,70-,71-,72-,73-/m0/s1. The van der Waals surface area contributed by atoms with Crippen molar-refractivity contribution in [3.63, 3.8) is 0 Å². The van der Waals surface area contributed by atoms with Gasteiger partial charge < -0.3 is 125 Å². The second-order valence-corrected chi connectivity index (χ2v) is 35.7. The molecule has 16 amide bonds. The van der Waals surface area contributed by atoms with Crippen molar-refractivity contribution in [2.24, 2.45) is 17.4 Å². The van der Waals surface area contributed by atoms with E-state index in [0.29, 0.717) is 77.0 Å². The van der Waals surface area contributed by atoms with Gasteiger partial charge in [0.2, 0.25) is 94.5 Å². The van der Waals surface area contributed by atoms with Crippen LogP contribution >= 0.6 is 11.8 Å². The first-order valence-corrected chi connectivity index (χ1v) is 46.3. The van der Waals surface area contributed by atoms with Gasteiger partial charge in [-0.3, -0.25) is 86.3 Å². The second kappa shape index (κ2) is 48.3. The van der Waals surface area contributed by atoms with Gasteiger partial charge in [0.05, 0.1) is 43.8 Å². The number of amides is 16. The van der Waals surface area contributed by atoms with E-state index in [9.17, 15) is 68.4 Å². The summed E-state index contributed by atoms with van der Waals surface area (Å²) in [6.45, 7) is -1.64. The SMILES string of the molecule is C[C@@H]1NC(=O)[C@@H]2CCCC/C=C\CCCC[C@@H](C(=O)N2C)N(C)C(=O)[C@H](Cc2c[nH]c3ccccc23)NC(=O)[C@H](CO)NC(=O)[C@H](Cc2c[nH]c3ccccc23)CC(=O)[C@@H]2C[C@@H](O)CN2C(=O)[C@H](CCC(N)=O)NC(=O)[C@H](Cc2cnc[nH]2)NC(=O)[C@@H]2CCCN2C(=O)[C@H](CC(=O)O)NC(=O)[C@@H]2CNCCN2C(=O)[C@H](Cc2ccc(O)cc2)NC(=O)CSC[C@@H](C(=O)NCC(N)=O)NC1=O. The summed E-state index contributed by atoms with van der Waals surface area (Å²) in [7, 11) is 2.72. The van der Waals surface area contributed by atoms with Gasteiger partial charge in [-0.15, -0.1) is 11.8 Å². The van der Waals surface area contributed by atoms with Crippen LogP contribution in [-0.4, -0.2) is 327 Å². The Morgan fingerprint density at radius 3 is 1.78 bits per heavy atom. The number of phenolic OH excluding ortho intramolecular Hbond substituents is 1. The molecule has 43 nitrogen and oxygen atoms in total. The Morgan fingerprint density at radius 1 is 0.548 bits per heavy atom. The summed E-state index contributed by atoms with van der Waals surface area (Å²) in [5, 5.41) is 71.0. The van der Waals surface area contributed by atoms with Gasteiger partial charge in [-0.25, -0.2) is 4.98 Å². The number of aromatic nitrogens is 4. The first-order valence-electron chi connectivity index (χ1n) is 45.2. The van der Waals surface area contributed by atoms with Crippen LogP contribution in [0.2, 0.25) is 0 Å². The number of H-pyrrole nitrogens is 3. The monoisotopic (exact) mass is 1890 g/mol. The fraction of sp³-hybridized carbons (Fsp3) is 0.505. The number of likely N-dealkylation sites (N-methyl/N-ethyl adjacent to an activating group) is 2. The van der Waals surface area contributed by atoms with E-state index in [1.54, 1.807) is 60.9 Å². The number of hydrogen-bond donors (Lipinski definition) is 19. The number of phenols is 1. The van der Waals surface area contributed by atoms with Crippen molar-refractivity contribution in [3.05, 3.63) is 132 Å². The molecule has 2 bridgehead atoms. The van der Waals surface area contributed by atoms with Gasteiger partial charge >= 0.3 is 5.97 Å². The molecule has 8 heterocycles. The summed E-state index contributed by atoms with van der Waals surface area (Å²) < 4.78 is 0. The number of thioether (sulfide) groups is 1. The molecule has 15 atom stereocenters. The van der Waals surface area contributed by atoms with Crippen LogP contribution < -0.4 is 64.6 Å². The summed E-state index contributed by atoms with van der Waals surface area (Å²) in [6, 6.07) is -0.969. The number of carboxylic acid groups (broad SMARTS) is 1. The number of aliphatic hydroxyl groups excluding tert-OH is 2. The number of para-hydroxylation sites is 2. The highest BCUT2D eigenvalue weighted by Crippen LogP contribution is 2.30. The molecule has 6 aromatic rings. The van der Waals surface area contributed by atoms with E-state index in [0.717, 1.165) is 31.4 Å². The second-order valence-electron chi connectivity index (χ2n) is 34.7. The number of carbonyl (C=O) groups is 18. The Balaban J connectivity index is 0.944. The zero-order valence-electron chi connectivity index (χ0n) is 75.2. The van der Waals surface area contributed by atoms with E-state index < -0.39 is 260 Å². The van der Waals surface area contributed by atoms with Crippen molar-refractivity contribution in [2.75, 3.05) is 71.5 Å². The maximum absolute atomic E-state index is 15.8. The van der Waals surface area contributed by atoms with Crippen LogP contribution in [0.25, 0.3) is 21.8 Å². The highest BCUT2D eigenvalue weighted by molar-refractivity contribution is 8.00. The number of allylic oxidation sites excluding steroid dienone is 2. The maximum atomic E-state index is 15.8. The maximum Gasteiger partial charge on any atom is 0.305 e. The van der Waals surface area contributed by atoms with Gasteiger partial charge in [0.15, 0.2) is 5.78 Å². The number of aliphatic hydroxyl groups is 2. The fourth-order valence-electron chi connectivity index (χ4n) is 17.6. The molecular weight excluding hydrogens is 1770 g/mol. The Morgan fingerprint density at radius 2 is 1.13 bits per heavy atom. The normalized spacial score (nSPS) is 26.4. The van der Waals surface area contributed by atoms with Gasteiger partial charge in [0.1, 0.15) is 78.3 Å². The number of piperazine rings is 1. The molecule has 44 heteroatoms. The number of carboxylic acids is 1. The number of nitrogens with one attached hydrogen (secondary N) is 13. The molecular formula is C91H119N21O22S. The van der Waals surface area contributed by atoms with E-state index >= 15 is 38.4 Å². The molecule has 0 unspecified atom stereocenters. The van der Waals surface area contributed by atoms with Crippen molar-refractivity contribution >= 4 is 140 Å². The van der Waals surface area contributed by atoms with E-state index in [-0.39, 0.29) is 89.0 Å². The lowest BCUT2D eigenvalue weighted by atomic mass is 9.90. The average molecular weight is 1890 g/mol. The molecule has 21 N–H and O–H groups in total. The largest absolute Gasteiger partial charge is 0.508 e. The van der Waals surface area contributed by atoms with Crippen LogP contribution in [0.3, 0.4) is 0 Å². The Labute approximate surface area is 780 Å². The van der Waals surface area contributed by atoms with Crippen molar-refractivity contribution in [1.82, 2.24) is 97.6 Å². The number of aromatic amines is 3. The van der Waals surface area contributed by atoms with Gasteiger partial charge in [0.25, 0.3) is 0 Å². The summed E-state index contributed by atoms with van der Waals surface area (Å²) in [5.74, 6) is -20.1. The summed E-state index contributed by atoms with van der Waals surface area (Å²) in [4.78, 5) is 282. The number of rotatable bonds is 17. The molecule has 0 saturated carbocycles. The number of benzene rings is 3. The van der Waals surface area contributed by atoms with Gasteiger partial charge in [-0.2, -0.15) is 0 Å². The third-order valence-electron chi connectivity index (χ3n) is 24.9. The zero-order chi connectivity index (χ0) is 97.3. The van der Waals surface area contributed by atoms with E-state index in [1.165, 1.54) is 62.7 Å². The van der Waals surface area contributed by atoms with Crippen molar-refractivity contribution < 1.29 is 107 Å². The van der Waals surface area contributed by atoms with Crippen LogP contribution in [-0.2, 0) is 112 Å². The number of fused-ring (bicyclic) bond motifs is 8. The number of aliphatic carboxylic acids is 1. The average Bonchev–Trinajstić information content (AvgIpc) is 1.60. The molecule has 3 aromatic carbocycles. The number of ketones is 1. The Bertz CT molecular complexity index is 5340.